The summed E-state index contributed by atoms with van der Waals surface area (Å²) in [7, 11) is 0. The maximum atomic E-state index is 12.6. The number of aryl methyl sites for hydroxylation is 1. The Balaban J connectivity index is 1.67. The lowest BCUT2D eigenvalue weighted by Crippen LogP contribution is -2.54. The summed E-state index contributed by atoms with van der Waals surface area (Å²) in [6.07, 6.45) is 5.20. The fourth-order valence-electron chi connectivity index (χ4n) is 3.25. The van der Waals surface area contributed by atoms with Crippen LogP contribution in [0.4, 0.5) is 5.82 Å². The van der Waals surface area contributed by atoms with Crippen LogP contribution < -0.4 is 4.90 Å². The van der Waals surface area contributed by atoms with E-state index >= 15 is 0 Å². The molecule has 2 heterocycles. The molecule has 26 heavy (non-hydrogen) atoms. The van der Waals surface area contributed by atoms with Gasteiger partial charge in [-0.1, -0.05) is 29.8 Å². The van der Waals surface area contributed by atoms with E-state index in [1.807, 2.05) is 43.0 Å². The van der Waals surface area contributed by atoms with Crippen LogP contribution >= 0.6 is 0 Å². The van der Waals surface area contributed by atoms with Gasteiger partial charge in [0.05, 0.1) is 5.56 Å². The van der Waals surface area contributed by atoms with Crippen molar-refractivity contribution in [3.05, 3.63) is 65.4 Å². The van der Waals surface area contributed by atoms with Crippen molar-refractivity contribution in [2.75, 3.05) is 24.5 Å². The van der Waals surface area contributed by atoms with Gasteiger partial charge in [0.1, 0.15) is 11.9 Å². The molecule has 0 N–H and O–H groups in total. The van der Waals surface area contributed by atoms with Crippen molar-refractivity contribution in [3.63, 3.8) is 0 Å². The highest BCUT2D eigenvalue weighted by atomic mass is 16.2. The van der Waals surface area contributed by atoms with Gasteiger partial charge in [0.15, 0.2) is 0 Å². The number of rotatable bonds is 3. The van der Waals surface area contributed by atoms with Crippen LogP contribution in [0.25, 0.3) is 6.08 Å². The lowest BCUT2D eigenvalue weighted by molar-refractivity contribution is -0.128. The number of nitrogens with zero attached hydrogens (tertiary/aromatic N) is 4. The second-order valence-electron chi connectivity index (χ2n) is 6.56. The Labute approximate surface area is 154 Å². The molecule has 2 aromatic rings. The summed E-state index contributed by atoms with van der Waals surface area (Å²) in [5, 5.41) is 9.26. The molecule has 1 aliphatic rings. The van der Waals surface area contributed by atoms with E-state index in [1.165, 1.54) is 5.56 Å². The van der Waals surface area contributed by atoms with Crippen LogP contribution in [0, 0.1) is 18.3 Å². The minimum absolute atomic E-state index is 0.0141. The highest BCUT2D eigenvalue weighted by Gasteiger charge is 2.27. The van der Waals surface area contributed by atoms with Gasteiger partial charge in [0, 0.05) is 37.9 Å². The molecule has 0 aliphatic carbocycles. The third-order valence-corrected chi connectivity index (χ3v) is 4.58. The SMILES string of the molecule is Cc1cccc(C=CC(=O)N2CCN(c3ncccc3C#N)C[C@H]2C)c1. The van der Waals surface area contributed by atoms with Gasteiger partial charge < -0.3 is 9.80 Å². The van der Waals surface area contributed by atoms with Crippen molar-refractivity contribution in [3.8, 4) is 6.07 Å². The monoisotopic (exact) mass is 346 g/mol. The second kappa shape index (κ2) is 7.83. The second-order valence-corrected chi connectivity index (χ2v) is 6.56. The Hall–Kier alpha value is -3.13. The van der Waals surface area contributed by atoms with E-state index in [0.717, 1.165) is 5.56 Å². The predicted molar refractivity (Wildman–Crippen MR) is 103 cm³/mol. The number of hydrogen-bond donors (Lipinski definition) is 0. The highest BCUT2D eigenvalue weighted by Crippen LogP contribution is 2.21. The Morgan fingerprint density at radius 3 is 2.88 bits per heavy atom. The first-order valence-corrected chi connectivity index (χ1v) is 8.74. The molecule has 0 unspecified atom stereocenters. The van der Waals surface area contributed by atoms with Crippen LogP contribution in [0.15, 0.2) is 48.7 Å². The van der Waals surface area contributed by atoms with E-state index in [9.17, 15) is 10.1 Å². The molecule has 3 rings (SSSR count). The molecule has 1 saturated heterocycles. The summed E-state index contributed by atoms with van der Waals surface area (Å²) in [5.74, 6) is 0.712. The third kappa shape index (κ3) is 3.92. The molecular formula is C21H22N4O. The normalized spacial score (nSPS) is 17.3. The molecule has 1 fully saturated rings. The predicted octanol–water partition coefficient (Wildman–Crippen LogP) is 3.01. The van der Waals surface area contributed by atoms with E-state index in [0.29, 0.717) is 31.0 Å². The van der Waals surface area contributed by atoms with Crippen LogP contribution in [0.5, 0.6) is 0 Å². The number of pyridine rings is 1. The average molecular weight is 346 g/mol. The number of piperazine rings is 1. The van der Waals surface area contributed by atoms with Gasteiger partial charge >= 0.3 is 0 Å². The summed E-state index contributed by atoms with van der Waals surface area (Å²) in [5.41, 5.74) is 2.76. The minimum atomic E-state index is 0.0141. The van der Waals surface area contributed by atoms with E-state index < -0.39 is 0 Å². The third-order valence-electron chi connectivity index (χ3n) is 4.58. The molecular weight excluding hydrogens is 324 g/mol. The minimum Gasteiger partial charge on any atom is -0.352 e. The molecule has 0 spiro atoms. The van der Waals surface area contributed by atoms with Crippen LogP contribution in [0.2, 0.25) is 0 Å². The van der Waals surface area contributed by atoms with Crippen molar-refractivity contribution in [1.29, 1.82) is 5.26 Å². The topological polar surface area (TPSA) is 60.2 Å². The summed E-state index contributed by atoms with van der Waals surface area (Å²) >= 11 is 0. The van der Waals surface area contributed by atoms with E-state index in [2.05, 4.69) is 22.0 Å². The largest absolute Gasteiger partial charge is 0.352 e. The van der Waals surface area contributed by atoms with Gasteiger partial charge in [0.2, 0.25) is 5.91 Å². The van der Waals surface area contributed by atoms with Crippen LogP contribution in [0.3, 0.4) is 0 Å². The lowest BCUT2D eigenvalue weighted by Gasteiger charge is -2.40. The smallest absolute Gasteiger partial charge is 0.246 e. The van der Waals surface area contributed by atoms with Crippen molar-refractivity contribution >= 4 is 17.8 Å². The zero-order valence-corrected chi connectivity index (χ0v) is 15.1. The quantitative estimate of drug-likeness (QED) is 0.802. The average Bonchev–Trinajstić information content (AvgIpc) is 2.66. The van der Waals surface area contributed by atoms with Crippen LogP contribution in [-0.2, 0) is 4.79 Å². The Morgan fingerprint density at radius 2 is 2.15 bits per heavy atom. The van der Waals surface area contributed by atoms with Gasteiger partial charge in [-0.15, -0.1) is 0 Å². The maximum absolute atomic E-state index is 12.6. The van der Waals surface area contributed by atoms with E-state index in [1.54, 1.807) is 24.4 Å². The first-order valence-electron chi connectivity index (χ1n) is 8.74. The number of benzene rings is 1. The molecule has 5 heteroatoms. The summed E-state index contributed by atoms with van der Waals surface area (Å²) in [6, 6.07) is 13.8. The number of carbonyl (C=O) groups is 1. The van der Waals surface area contributed by atoms with Gasteiger partial charge in [-0.05, 0) is 37.6 Å². The summed E-state index contributed by atoms with van der Waals surface area (Å²) in [4.78, 5) is 20.9. The number of aromatic nitrogens is 1. The first kappa shape index (κ1) is 17.7. The lowest BCUT2D eigenvalue weighted by atomic mass is 10.1. The molecule has 1 amide bonds. The number of hydrogen-bond acceptors (Lipinski definition) is 4. The van der Waals surface area contributed by atoms with Gasteiger partial charge in [-0.2, -0.15) is 5.26 Å². The van der Waals surface area contributed by atoms with Crippen LogP contribution in [-0.4, -0.2) is 41.5 Å². The molecule has 1 aliphatic heterocycles. The Morgan fingerprint density at radius 1 is 1.31 bits per heavy atom. The van der Waals surface area contributed by atoms with Crippen molar-refractivity contribution < 1.29 is 4.79 Å². The zero-order chi connectivity index (χ0) is 18.5. The standard InChI is InChI=1S/C21H22N4O/c1-16-5-3-6-18(13-16)8-9-20(26)25-12-11-24(15-17(25)2)21-19(14-22)7-4-10-23-21/h3-10,13,17H,11-12,15H2,1-2H3/t17-/m1/s1. The highest BCUT2D eigenvalue weighted by molar-refractivity contribution is 5.92. The fraction of sp³-hybridized carbons (Fsp3) is 0.286. The fourth-order valence-corrected chi connectivity index (χ4v) is 3.25. The summed E-state index contributed by atoms with van der Waals surface area (Å²) < 4.78 is 0. The molecule has 1 aromatic heterocycles. The molecule has 0 saturated carbocycles. The molecule has 132 valence electrons. The Bertz CT molecular complexity index is 868. The zero-order valence-electron chi connectivity index (χ0n) is 15.1. The van der Waals surface area contributed by atoms with Gasteiger partial charge in [-0.25, -0.2) is 4.98 Å². The number of carbonyl (C=O) groups excluding carboxylic acids is 1. The maximum Gasteiger partial charge on any atom is 0.246 e. The van der Waals surface area contributed by atoms with E-state index in [-0.39, 0.29) is 11.9 Å². The first-order chi connectivity index (χ1) is 12.6. The molecule has 5 nitrogen and oxygen atoms in total. The van der Waals surface area contributed by atoms with E-state index in [4.69, 9.17) is 0 Å². The Kier molecular flexibility index (Phi) is 5.33. The number of anilines is 1. The van der Waals surface area contributed by atoms with Crippen molar-refractivity contribution in [2.45, 2.75) is 19.9 Å². The number of amides is 1. The van der Waals surface area contributed by atoms with Gasteiger partial charge in [0.25, 0.3) is 0 Å². The number of nitriles is 1. The van der Waals surface area contributed by atoms with Crippen molar-refractivity contribution in [2.24, 2.45) is 0 Å². The van der Waals surface area contributed by atoms with Gasteiger partial charge in [-0.3, -0.25) is 4.79 Å². The van der Waals surface area contributed by atoms with Crippen molar-refractivity contribution in [1.82, 2.24) is 9.88 Å². The molecule has 1 atom stereocenters. The molecule has 1 aromatic carbocycles. The summed E-state index contributed by atoms with van der Waals surface area (Å²) in [6.45, 7) is 6.00. The molecule has 0 bridgehead atoms. The van der Waals surface area contributed by atoms with Crippen LogP contribution in [0.1, 0.15) is 23.6 Å². The molecule has 0 radical (unpaired) electrons.